The topological polar surface area (TPSA) is 50.2 Å². The van der Waals surface area contributed by atoms with E-state index in [1.54, 1.807) is 0 Å². The van der Waals surface area contributed by atoms with Crippen LogP contribution in [0.25, 0.3) is 27.7 Å². The molecular weight excluding hydrogens is 476 g/mol. The molecule has 0 saturated carbocycles. The van der Waals surface area contributed by atoms with E-state index < -0.39 is 0 Å². The third kappa shape index (κ3) is 5.51. The second-order valence-corrected chi connectivity index (χ2v) is 10.5. The van der Waals surface area contributed by atoms with Gasteiger partial charge >= 0.3 is 0 Å². The van der Waals surface area contributed by atoms with Crippen LogP contribution in [-0.2, 0) is 0 Å². The zero-order chi connectivity index (χ0) is 26.8. The highest BCUT2D eigenvalue weighted by molar-refractivity contribution is 6.03. The van der Waals surface area contributed by atoms with Crippen molar-refractivity contribution in [2.45, 2.75) is 39.5 Å². The summed E-state index contributed by atoms with van der Waals surface area (Å²) in [6.07, 6.45) is 4.06. The Morgan fingerprint density at radius 3 is 2.13 bits per heavy atom. The number of nitrogens with zero attached hydrogens (tertiary/aromatic N) is 3. The van der Waals surface area contributed by atoms with E-state index in [9.17, 15) is 0 Å². The molecule has 192 valence electrons. The van der Waals surface area contributed by atoms with Gasteiger partial charge < -0.3 is 0 Å². The number of aromatic nitrogens is 2. The highest BCUT2D eigenvalue weighted by Gasteiger charge is 2.22. The molecule has 1 aromatic heterocycles. The molecular formula is C35H32N4. The second-order valence-electron chi connectivity index (χ2n) is 10.5. The summed E-state index contributed by atoms with van der Waals surface area (Å²) in [6.45, 7) is 6.35. The normalized spacial score (nSPS) is 16.3. The molecule has 0 fully saturated rings. The average Bonchev–Trinajstić information content (AvgIpc) is 2.97. The third-order valence-electron chi connectivity index (χ3n) is 7.43. The molecule has 0 unspecified atom stereocenters. The molecule has 0 radical (unpaired) electrons. The van der Waals surface area contributed by atoms with Gasteiger partial charge in [0.05, 0.1) is 16.9 Å². The number of hydrogen-bond donors (Lipinski definition) is 1. The summed E-state index contributed by atoms with van der Waals surface area (Å²) in [6, 6.07) is 34.3. The van der Waals surface area contributed by atoms with E-state index in [0.29, 0.717) is 11.9 Å². The highest BCUT2D eigenvalue weighted by Crippen LogP contribution is 2.37. The minimum Gasteiger partial charge on any atom is -0.245 e. The molecule has 0 saturated heterocycles. The van der Waals surface area contributed by atoms with Gasteiger partial charge in [-0.25, -0.2) is 15.4 Å². The molecule has 4 aromatic carbocycles. The van der Waals surface area contributed by atoms with E-state index in [1.165, 1.54) is 33.4 Å². The Morgan fingerprint density at radius 2 is 1.38 bits per heavy atom. The monoisotopic (exact) mass is 508 g/mol. The lowest BCUT2D eigenvalue weighted by atomic mass is 9.80. The smallest absolute Gasteiger partial charge is 0.244 e. The molecule has 0 spiro atoms. The van der Waals surface area contributed by atoms with Crippen LogP contribution in [0.15, 0.2) is 108 Å². The maximum atomic E-state index is 4.92. The molecule has 5 aromatic rings. The van der Waals surface area contributed by atoms with Crippen LogP contribution in [0.5, 0.6) is 0 Å². The summed E-state index contributed by atoms with van der Waals surface area (Å²) in [5.74, 6) is 0.855. The number of rotatable bonds is 5. The van der Waals surface area contributed by atoms with Crippen LogP contribution in [0.2, 0.25) is 0 Å². The summed E-state index contributed by atoms with van der Waals surface area (Å²) in [5, 5.41) is 5.90. The highest BCUT2D eigenvalue weighted by atomic mass is 15.4. The van der Waals surface area contributed by atoms with Gasteiger partial charge in [-0.1, -0.05) is 102 Å². The third-order valence-corrected chi connectivity index (χ3v) is 7.43. The molecule has 1 N–H and O–H groups in total. The lowest BCUT2D eigenvalue weighted by Gasteiger charge is -2.25. The number of aryl methyl sites for hydroxylation is 3. The van der Waals surface area contributed by atoms with Crippen LogP contribution < -0.4 is 5.43 Å². The number of allylic oxidation sites excluding steroid dienone is 2. The van der Waals surface area contributed by atoms with Crippen LogP contribution >= 0.6 is 0 Å². The first-order chi connectivity index (χ1) is 19.0. The van der Waals surface area contributed by atoms with Crippen molar-refractivity contribution in [3.63, 3.8) is 0 Å². The van der Waals surface area contributed by atoms with Crippen LogP contribution in [0.3, 0.4) is 0 Å². The van der Waals surface area contributed by atoms with Gasteiger partial charge in [0.15, 0.2) is 0 Å². The lowest BCUT2D eigenvalue weighted by Crippen LogP contribution is -2.14. The first kappa shape index (κ1) is 24.7. The maximum absolute atomic E-state index is 4.92. The standard InChI is InChI=1S/C35H32N4/c1-23-9-14-26(15-10-23)29-20-30(27-16-11-24(2)12-17-27)22-31(21-29)38-39-35-36-33-18-13-25(3)19-32(33)34(37-35)28-7-5-4-6-8-28/h4-19,21,30H,20,22H2,1-3H3,(H,36,37,39)/b38-31-/t30-/m1/s1. The summed E-state index contributed by atoms with van der Waals surface area (Å²) in [4.78, 5) is 9.73. The van der Waals surface area contributed by atoms with Gasteiger partial charge in [0.25, 0.3) is 0 Å². The van der Waals surface area contributed by atoms with Crippen molar-refractivity contribution in [3.8, 4) is 11.3 Å². The predicted octanol–water partition coefficient (Wildman–Crippen LogP) is 8.65. The van der Waals surface area contributed by atoms with Crippen molar-refractivity contribution in [1.29, 1.82) is 0 Å². The Kier molecular flexibility index (Phi) is 6.76. The largest absolute Gasteiger partial charge is 0.245 e. The number of fused-ring (bicyclic) bond motifs is 1. The minimum atomic E-state index is 0.354. The van der Waals surface area contributed by atoms with Gasteiger partial charge in [0.1, 0.15) is 0 Å². The van der Waals surface area contributed by atoms with Gasteiger partial charge in [-0.2, -0.15) is 5.10 Å². The van der Waals surface area contributed by atoms with E-state index in [-0.39, 0.29) is 0 Å². The number of anilines is 1. The SMILES string of the molecule is Cc1ccc(C2=C/C(=N/Nc3nc(-c4ccccc4)c4cc(C)ccc4n3)C[C@H](c3ccc(C)cc3)C2)cc1. The quantitative estimate of drug-likeness (QED) is 0.242. The summed E-state index contributed by atoms with van der Waals surface area (Å²) in [5.41, 5.74) is 14.7. The summed E-state index contributed by atoms with van der Waals surface area (Å²) < 4.78 is 0. The van der Waals surface area contributed by atoms with Crippen LogP contribution in [-0.4, -0.2) is 15.7 Å². The molecule has 39 heavy (non-hydrogen) atoms. The van der Waals surface area contributed by atoms with Crippen molar-refractivity contribution < 1.29 is 0 Å². The number of hydrogen-bond acceptors (Lipinski definition) is 4. The molecule has 4 heteroatoms. The minimum absolute atomic E-state index is 0.354. The van der Waals surface area contributed by atoms with Crippen LogP contribution in [0, 0.1) is 20.8 Å². The molecule has 0 amide bonds. The molecule has 1 aliphatic rings. The second kappa shape index (κ2) is 10.7. The van der Waals surface area contributed by atoms with Gasteiger partial charge in [0.2, 0.25) is 5.95 Å². The van der Waals surface area contributed by atoms with Gasteiger partial charge in [-0.15, -0.1) is 0 Å². The zero-order valence-electron chi connectivity index (χ0n) is 22.6. The molecule has 0 bridgehead atoms. The van der Waals surface area contributed by atoms with E-state index in [2.05, 4.69) is 111 Å². The summed E-state index contributed by atoms with van der Waals surface area (Å²) >= 11 is 0. The Morgan fingerprint density at radius 1 is 0.692 bits per heavy atom. The fraction of sp³-hybridized carbons (Fsp3) is 0.171. The van der Waals surface area contributed by atoms with Crippen LogP contribution in [0.4, 0.5) is 5.95 Å². The molecule has 1 atom stereocenters. The predicted molar refractivity (Wildman–Crippen MR) is 163 cm³/mol. The molecule has 1 heterocycles. The number of hydrazone groups is 1. The fourth-order valence-electron chi connectivity index (χ4n) is 5.26. The van der Waals surface area contributed by atoms with E-state index in [1.807, 2.05) is 18.2 Å². The molecule has 0 aliphatic heterocycles. The Labute approximate surface area is 230 Å². The number of nitrogens with one attached hydrogen (secondary N) is 1. The Bertz CT molecular complexity index is 1680. The van der Waals surface area contributed by atoms with E-state index in [0.717, 1.165) is 40.7 Å². The van der Waals surface area contributed by atoms with Gasteiger partial charge in [0, 0.05) is 10.9 Å². The summed E-state index contributed by atoms with van der Waals surface area (Å²) in [7, 11) is 0. The van der Waals surface area contributed by atoms with Crippen molar-refractivity contribution >= 4 is 28.1 Å². The van der Waals surface area contributed by atoms with E-state index >= 15 is 0 Å². The lowest BCUT2D eigenvalue weighted by molar-refractivity contribution is 0.731. The number of benzene rings is 4. The first-order valence-corrected chi connectivity index (χ1v) is 13.5. The Balaban J connectivity index is 1.38. The first-order valence-electron chi connectivity index (χ1n) is 13.5. The van der Waals surface area contributed by atoms with Gasteiger partial charge in [-0.3, -0.25) is 0 Å². The molecule has 6 rings (SSSR count). The zero-order valence-corrected chi connectivity index (χ0v) is 22.6. The van der Waals surface area contributed by atoms with Crippen molar-refractivity contribution in [2.75, 3.05) is 5.43 Å². The van der Waals surface area contributed by atoms with Gasteiger partial charge in [-0.05, 0) is 74.4 Å². The maximum Gasteiger partial charge on any atom is 0.244 e. The van der Waals surface area contributed by atoms with Crippen molar-refractivity contribution in [1.82, 2.24) is 9.97 Å². The van der Waals surface area contributed by atoms with Crippen molar-refractivity contribution in [2.24, 2.45) is 5.10 Å². The fourth-order valence-corrected chi connectivity index (χ4v) is 5.26. The van der Waals surface area contributed by atoms with E-state index in [4.69, 9.17) is 15.1 Å². The average molecular weight is 509 g/mol. The van der Waals surface area contributed by atoms with Crippen molar-refractivity contribution in [3.05, 3.63) is 131 Å². The molecule has 4 nitrogen and oxygen atoms in total. The molecule has 1 aliphatic carbocycles. The van der Waals surface area contributed by atoms with Crippen LogP contribution in [0.1, 0.15) is 46.6 Å². The Hall–Kier alpha value is -4.57.